The third kappa shape index (κ3) is 5.13. The Bertz CT molecular complexity index is 844. The van der Waals surface area contributed by atoms with Gasteiger partial charge < -0.3 is 19.3 Å². The first-order valence-electron chi connectivity index (χ1n) is 9.30. The molecule has 0 amide bonds. The fourth-order valence-corrected chi connectivity index (χ4v) is 3.47. The molecular formula is C21H23Cl2NO5. The van der Waals surface area contributed by atoms with Crippen LogP contribution in [0.5, 0.6) is 17.2 Å². The van der Waals surface area contributed by atoms with Crippen molar-refractivity contribution < 1.29 is 24.1 Å². The molecule has 2 heterocycles. The number of carbonyl (C=O) groups excluding carboxylic acids is 1. The number of carbonyl (C=O) groups is 1. The number of benzene rings is 1. The molecule has 1 aromatic rings. The summed E-state index contributed by atoms with van der Waals surface area (Å²) in [5.41, 5.74) is 0.539. The lowest BCUT2D eigenvalue weighted by Gasteiger charge is -2.34. The van der Waals surface area contributed by atoms with Crippen molar-refractivity contribution in [3.8, 4) is 17.2 Å². The van der Waals surface area contributed by atoms with Crippen molar-refractivity contribution in [2.75, 3.05) is 32.3 Å². The minimum atomic E-state index is -0.245. The molecule has 2 aliphatic heterocycles. The summed E-state index contributed by atoms with van der Waals surface area (Å²) < 4.78 is 17.4. The molecule has 0 aliphatic carbocycles. The van der Waals surface area contributed by atoms with Crippen molar-refractivity contribution >= 4 is 35.2 Å². The molecule has 0 bridgehead atoms. The predicted octanol–water partition coefficient (Wildman–Crippen LogP) is 4.48. The third-order valence-corrected chi connectivity index (χ3v) is 5.57. The molecule has 3 rings (SSSR count). The number of phenols is 1. The number of rotatable bonds is 6. The van der Waals surface area contributed by atoms with E-state index >= 15 is 0 Å². The fraction of sp³-hybridized carbons (Fsp3) is 0.429. The molecule has 1 spiro atoms. The van der Waals surface area contributed by atoms with Crippen LogP contribution in [0.2, 0.25) is 0 Å². The number of ether oxygens (including phenoxy) is 3. The highest BCUT2D eigenvalue weighted by molar-refractivity contribution is 6.32. The average molecular weight is 440 g/mol. The van der Waals surface area contributed by atoms with E-state index in [1.54, 1.807) is 0 Å². The van der Waals surface area contributed by atoms with E-state index in [-0.39, 0.29) is 45.8 Å². The normalized spacial score (nSPS) is 18.6. The standard InChI is InChI=1S/C21H23Cl2NO5/c1-14(16(23)11-24-7-6-22)10-18(26)15-2-3-17(25)20-19(15)28-12-21(13-29-20)4-8-27-9-5-21/h2-3,7,11,25H,1,4-6,8-10,12-13H2/b16-11+,24-7?. The van der Waals surface area contributed by atoms with Gasteiger partial charge in [0, 0.05) is 37.5 Å². The van der Waals surface area contributed by atoms with Crippen LogP contribution in [0.4, 0.5) is 0 Å². The molecule has 0 saturated carbocycles. The number of Topliss-reactive ketones (excluding diaryl/α,β-unsaturated/α-hetero) is 1. The highest BCUT2D eigenvalue weighted by atomic mass is 35.5. The monoisotopic (exact) mass is 439 g/mol. The van der Waals surface area contributed by atoms with E-state index in [2.05, 4.69) is 11.6 Å². The molecule has 0 aromatic heterocycles. The summed E-state index contributed by atoms with van der Waals surface area (Å²) in [6.07, 6.45) is 4.45. The van der Waals surface area contributed by atoms with Gasteiger partial charge in [0.05, 0.1) is 29.7 Å². The molecule has 1 fully saturated rings. The van der Waals surface area contributed by atoms with Crippen molar-refractivity contribution in [1.82, 2.24) is 0 Å². The highest BCUT2D eigenvalue weighted by Gasteiger charge is 2.38. The first-order chi connectivity index (χ1) is 14.0. The Morgan fingerprint density at radius 1 is 1.24 bits per heavy atom. The Labute approximate surface area is 179 Å². The lowest BCUT2D eigenvalue weighted by Crippen LogP contribution is -2.39. The molecule has 1 aromatic carbocycles. The van der Waals surface area contributed by atoms with Crippen LogP contribution >= 0.6 is 23.2 Å². The number of hydrogen-bond acceptors (Lipinski definition) is 6. The molecule has 8 heteroatoms. The van der Waals surface area contributed by atoms with Crippen molar-refractivity contribution in [2.45, 2.75) is 19.3 Å². The zero-order chi connectivity index (χ0) is 20.9. The second kappa shape index (κ2) is 9.65. The largest absolute Gasteiger partial charge is 0.504 e. The third-order valence-electron chi connectivity index (χ3n) is 5.06. The summed E-state index contributed by atoms with van der Waals surface area (Å²) in [5.74, 6) is 0.402. The number of nitrogens with zero attached hydrogens (tertiary/aromatic N) is 1. The van der Waals surface area contributed by atoms with E-state index in [0.29, 0.717) is 37.6 Å². The van der Waals surface area contributed by atoms with Crippen molar-refractivity contribution in [1.29, 1.82) is 0 Å². The number of fused-ring (bicyclic) bond motifs is 1. The molecule has 29 heavy (non-hydrogen) atoms. The number of aliphatic imine (C=N–C) groups is 1. The first-order valence-corrected chi connectivity index (χ1v) is 10.2. The van der Waals surface area contributed by atoms with E-state index < -0.39 is 0 Å². The summed E-state index contributed by atoms with van der Waals surface area (Å²) in [6.45, 7) is 5.91. The van der Waals surface area contributed by atoms with E-state index in [0.717, 1.165) is 12.8 Å². The molecule has 6 nitrogen and oxygen atoms in total. The molecular weight excluding hydrogens is 417 g/mol. The number of phenolic OH excluding ortho intramolecular Hbond substituents is 1. The van der Waals surface area contributed by atoms with Crippen LogP contribution in [0, 0.1) is 5.41 Å². The zero-order valence-electron chi connectivity index (χ0n) is 16.0. The fourth-order valence-electron chi connectivity index (χ4n) is 3.26. The molecule has 2 aliphatic rings. The second-order valence-electron chi connectivity index (χ2n) is 7.15. The Kier molecular flexibility index (Phi) is 7.22. The van der Waals surface area contributed by atoms with Gasteiger partial charge in [-0.1, -0.05) is 18.2 Å². The van der Waals surface area contributed by atoms with Crippen LogP contribution in [0.1, 0.15) is 29.6 Å². The van der Waals surface area contributed by atoms with Gasteiger partial charge in [0.2, 0.25) is 5.75 Å². The van der Waals surface area contributed by atoms with E-state index in [4.69, 9.17) is 37.4 Å². The quantitative estimate of drug-likeness (QED) is 0.306. The molecule has 0 atom stereocenters. The molecule has 156 valence electrons. The van der Waals surface area contributed by atoms with Crippen LogP contribution in [-0.2, 0) is 4.74 Å². The van der Waals surface area contributed by atoms with Crippen LogP contribution in [-0.4, -0.2) is 49.4 Å². The lowest BCUT2D eigenvalue weighted by atomic mass is 9.82. The SMILES string of the molecule is C=C(CC(=O)c1ccc(O)c2c1OCC1(CCOCC1)CO2)/C(Cl)=C\N=CCCl. The Hall–Kier alpha value is -2.02. The molecule has 0 radical (unpaired) electrons. The Morgan fingerprint density at radius 2 is 1.93 bits per heavy atom. The number of allylic oxidation sites excluding steroid dienone is 2. The summed E-state index contributed by atoms with van der Waals surface area (Å²) in [6, 6.07) is 2.96. The summed E-state index contributed by atoms with van der Waals surface area (Å²) >= 11 is 11.7. The van der Waals surface area contributed by atoms with Crippen LogP contribution in [0.25, 0.3) is 0 Å². The van der Waals surface area contributed by atoms with Gasteiger partial charge in [-0.2, -0.15) is 0 Å². The minimum absolute atomic E-state index is 0.0225. The van der Waals surface area contributed by atoms with E-state index in [1.807, 2.05) is 0 Å². The van der Waals surface area contributed by atoms with Crippen molar-refractivity contribution in [2.24, 2.45) is 10.4 Å². The molecule has 1 N–H and O–H groups in total. The molecule has 1 saturated heterocycles. The van der Waals surface area contributed by atoms with Gasteiger partial charge in [-0.15, -0.1) is 11.6 Å². The van der Waals surface area contributed by atoms with E-state index in [9.17, 15) is 9.90 Å². The zero-order valence-corrected chi connectivity index (χ0v) is 17.5. The maximum atomic E-state index is 12.9. The van der Waals surface area contributed by atoms with Gasteiger partial charge >= 0.3 is 0 Å². The van der Waals surface area contributed by atoms with Gasteiger partial charge in [0.25, 0.3) is 0 Å². The maximum Gasteiger partial charge on any atom is 0.204 e. The highest BCUT2D eigenvalue weighted by Crippen LogP contribution is 2.45. The average Bonchev–Trinajstić information content (AvgIpc) is 2.90. The second-order valence-corrected chi connectivity index (χ2v) is 7.86. The van der Waals surface area contributed by atoms with Gasteiger partial charge in [-0.05, 0) is 30.5 Å². The van der Waals surface area contributed by atoms with Gasteiger partial charge in [0.15, 0.2) is 17.3 Å². The van der Waals surface area contributed by atoms with Crippen LogP contribution < -0.4 is 9.47 Å². The minimum Gasteiger partial charge on any atom is -0.504 e. The maximum absolute atomic E-state index is 12.9. The molecule has 0 unspecified atom stereocenters. The number of halogens is 2. The summed E-state index contributed by atoms with van der Waals surface area (Å²) in [4.78, 5) is 16.8. The topological polar surface area (TPSA) is 77.4 Å². The smallest absolute Gasteiger partial charge is 0.204 e. The Balaban J connectivity index is 1.80. The lowest BCUT2D eigenvalue weighted by molar-refractivity contribution is -0.0254. The van der Waals surface area contributed by atoms with Gasteiger partial charge in [-0.25, -0.2) is 0 Å². The summed E-state index contributed by atoms with van der Waals surface area (Å²) in [7, 11) is 0. The summed E-state index contributed by atoms with van der Waals surface area (Å²) in [5, 5.41) is 10.5. The number of alkyl halides is 1. The number of aromatic hydroxyl groups is 1. The Morgan fingerprint density at radius 3 is 2.62 bits per heavy atom. The van der Waals surface area contributed by atoms with Crippen molar-refractivity contribution in [3.05, 3.63) is 41.1 Å². The van der Waals surface area contributed by atoms with Gasteiger partial charge in [-0.3, -0.25) is 9.79 Å². The van der Waals surface area contributed by atoms with Crippen LogP contribution in [0.15, 0.2) is 40.5 Å². The number of hydrogen-bond donors (Lipinski definition) is 1. The number of ketones is 1. The van der Waals surface area contributed by atoms with E-state index in [1.165, 1.54) is 24.5 Å². The van der Waals surface area contributed by atoms with Gasteiger partial charge in [0.1, 0.15) is 0 Å². The van der Waals surface area contributed by atoms with Crippen LogP contribution in [0.3, 0.4) is 0 Å². The predicted molar refractivity (Wildman–Crippen MR) is 113 cm³/mol. The van der Waals surface area contributed by atoms with Crippen molar-refractivity contribution in [3.63, 3.8) is 0 Å². The first kappa shape index (κ1) is 21.7.